The standard InChI is InChI=1S/C20H24N2O2/c1-14-11-17(16-5-9-19(24-2)10-6-16)13-22(14)20(23)12-15-3-7-18(21)8-4-15/h3-10,14,17H,11-13,21H2,1-2H3/t14-,17-/m1/s1. The number of likely N-dealkylation sites (tertiary alicyclic amines) is 1. The van der Waals surface area contributed by atoms with Crippen molar-refractivity contribution in [2.24, 2.45) is 0 Å². The van der Waals surface area contributed by atoms with Gasteiger partial charge in [-0.1, -0.05) is 24.3 Å². The van der Waals surface area contributed by atoms with Crippen molar-refractivity contribution in [1.82, 2.24) is 4.90 Å². The largest absolute Gasteiger partial charge is 0.497 e. The van der Waals surface area contributed by atoms with Crippen molar-refractivity contribution in [1.29, 1.82) is 0 Å². The summed E-state index contributed by atoms with van der Waals surface area (Å²) in [5.74, 6) is 1.44. The maximum absolute atomic E-state index is 12.7. The lowest BCUT2D eigenvalue weighted by molar-refractivity contribution is -0.131. The quantitative estimate of drug-likeness (QED) is 0.879. The van der Waals surface area contributed by atoms with Crippen LogP contribution < -0.4 is 10.5 Å². The molecule has 0 unspecified atom stereocenters. The normalized spacial score (nSPS) is 20.2. The van der Waals surface area contributed by atoms with Gasteiger partial charge in [0.1, 0.15) is 5.75 Å². The van der Waals surface area contributed by atoms with Gasteiger partial charge in [-0.15, -0.1) is 0 Å². The predicted molar refractivity (Wildman–Crippen MR) is 96.1 cm³/mol. The molecule has 4 nitrogen and oxygen atoms in total. The molecule has 1 amide bonds. The van der Waals surface area contributed by atoms with Gasteiger partial charge in [0, 0.05) is 24.2 Å². The Morgan fingerprint density at radius 3 is 2.46 bits per heavy atom. The molecule has 0 aromatic heterocycles. The third-order valence-electron chi connectivity index (χ3n) is 4.82. The van der Waals surface area contributed by atoms with Crippen LogP contribution in [0.3, 0.4) is 0 Å². The SMILES string of the molecule is COc1ccc([C@@H]2C[C@@H](C)N(C(=O)Cc3ccc(N)cc3)C2)cc1. The fourth-order valence-electron chi connectivity index (χ4n) is 3.41. The Hall–Kier alpha value is -2.49. The Bertz CT molecular complexity index is 695. The number of amides is 1. The average molecular weight is 324 g/mol. The number of nitrogen functional groups attached to an aromatic ring is 1. The van der Waals surface area contributed by atoms with Crippen LogP contribution in [0.5, 0.6) is 5.75 Å². The van der Waals surface area contributed by atoms with Gasteiger partial charge in [-0.25, -0.2) is 0 Å². The summed E-state index contributed by atoms with van der Waals surface area (Å²) in [5.41, 5.74) is 8.70. The van der Waals surface area contributed by atoms with Crippen LogP contribution in [0, 0.1) is 0 Å². The molecular formula is C20H24N2O2. The molecule has 2 atom stereocenters. The summed E-state index contributed by atoms with van der Waals surface area (Å²) in [5, 5.41) is 0. The summed E-state index contributed by atoms with van der Waals surface area (Å²) in [6, 6.07) is 16.0. The number of methoxy groups -OCH3 is 1. The summed E-state index contributed by atoms with van der Waals surface area (Å²) in [7, 11) is 1.67. The van der Waals surface area contributed by atoms with E-state index >= 15 is 0 Å². The van der Waals surface area contributed by atoms with Crippen LogP contribution in [0.25, 0.3) is 0 Å². The Balaban J connectivity index is 1.66. The zero-order valence-corrected chi connectivity index (χ0v) is 14.2. The second kappa shape index (κ2) is 6.95. The van der Waals surface area contributed by atoms with Gasteiger partial charge in [-0.3, -0.25) is 4.79 Å². The fourth-order valence-corrected chi connectivity index (χ4v) is 3.41. The number of carbonyl (C=O) groups excluding carboxylic acids is 1. The van der Waals surface area contributed by atoms with Gasteiger partial charge in [0.15, 0.2) is 0 Å². The Kier molecular flexibility index (Phi) is 4.74. The smallest absolute Gasteiger partial charge is 0.227 e. The van der Waals surface area contributed by atoms with Gasteiger partial charge in [0.2, 0.25) is 5.91 Å². The molecule has 0 saturated carbocycles. The van der Waals surface area contributed by atoms with Gasteiger partial charge < -0.3 is 15.4 Å². The van der Waals surface area contributed by atoms with E-state index in [-0.39, 0.29) is 11.9 Å². The van der Waals surface area contributed by atoms with E-state index in [1.807, 2.05) is 41.3 Å². The highest BCUT2D eigenvalue weighted by atomic mass is 16.5. The number of hydrogen-bond acceptors (Lipinski definition) is 3. The fraction of sp³-hybridized carbons (Fsp3) is 0.350. The van der Waals surface area contributed by atoms with Crippen LogP contribution in [0.15, 0.2) is 48.5 Å². The molecule has 0 aliphatic carbocycles. The number of nitrogens with two attached hydrogens (primary N) is 1. The van der Waals surface area contributed by atoms with Gasteiger partial charge in [0.05, 0.1) is 13.5 Å². The predicted octanol–water partition coefficient (Wildman–Crippen LogP) is 3.22. The molecule has 2 aromatic rings. The van der Waals surface area contributed by atoms with Crippen LogP contribution in [0.4, 0.5) is 5.69 Å². The molecule has 1 saturated heterocycles. The minimum Gasteiger partial charge on any atom is -0.497 e. The summed E-state index contributed by atoms with van der Waals surface area (Å²) >= 11 is 0. The van der Waals surface area contributed by atoms with Crippen molar-refractivity contribution in [3.05, 3.63) is 59.7 Å². The van der Waals surface area contributed by atoms with Crippen LogP contribution in [-0.2, 0) is 11.2 Å². The summed E-state index contributed by atoms with van der Waals surface area (Å²) < 4.78 is 5.21. The van der Waals surface area contributed by atoms with E-state index in [2.05, 4.69) is 19.1 Å². The zero-order valence-electron chi connectivity index (χ0n) is 14.2. The molecule has 2 N–H and O–H groups in total. The molecule has 0 spiro atoms. The van der Waals surface area contributed by atoms with Crippen LogP contribution in [-0.4, -0.2) is 30.5 Å². The molecule has 0 bridgehead atoms. The van der Waals surface area contributed by atoms with E-state index < -0.39 is 0 Å². The molecule has 4 heteroatoms. The van der Waals surface area contributed by atoms with E-state index in [4.69, 9.17) is 10.5 Å². The molecule has 24 heavy (non-hydrogen) atoms. The monoisotopic (exact) mass is 324 g/mol. The number of rotatable bonds is 4. The van der Waals surface area contributed by atoms with E-state index in [1.165, 1.54) is 5.56 Å². The van der Waals surface area contributed by atoms with Crippen molar-refractivity contribution >= 4 is 11.6 Å². The Morgan fingerprint density at radius 2 is 1.83 bits per heavy atom. The van der Waals surface area contributed by atoms with E-state index in [0.29, 0.717) is 12.3 Å². The number of anilines is 1. The van der Waals surface area contributed by atoms with E-state index in [1.54, 1.807) is 7.11 Å². The molecule has 1 heterocycles. The average Bonchev–Trinajstić information content (AvgIpc) is 2.99. The van der Waals surface area contributed by atoms with Crippen molar-refractivity contribution in [2.75, 3.05) is 19.4 Å². The van der Waals surface area contributed by atoms with Crippen LogP contribution in [0.1, 0.15) is 30.4 Å². The molecule has 1 aliphatic heterocycles. The molecule has 0 radical (unpaired) electrons. The molecule has 1 aliphatic rings. The Labute approximate surface area is 143 Å². The lowest BCUT2D eigenvalue weighted by Crippen LogP contribution is -2.35. The molecule has 1 fully saturated rings. The molecule has 3 rings (SSSR count). The summed E-state index contributed by atoms with van der Waals surface area (Å²) in [6.07, 6.45) is 1.43. The highest BCUT2D eigenvalue weighted by Gasteiger charge is 2.32. The molecule has 126 valence electrons. The number of hydrogen-bond donors (Lipinski definition) is 1. The third kappa shape index (κ3) is 3.53. The molecular weight excluding hydrogens is 300 g/mol. The highest BCUT2D eigenvalue weighted by molar-refractivity contribution is 5.79. The zero-order chi connectivity index (χ0) is 17.1. The van der Waals surface area contributed by atoms with Gasteiger partial charge in [-0.05, 0) is 48.7 Å². The van der Waals surface area contributed by atoms with Crippen LogP contribution >= 0.6 is 0 Å². The summed E-state index contributed by atoms with van der Waals surface area (Å²) in [4.78, 5) is 14.7. The van der Waals surface area contributed by atoms with Crippen molar-refractivity contribution < 1.29 is 9.53 Å². The van der Waals surface area contributed by atoms with Crippen LogP contribution in [0.2, 0.25) is 0 Å². The Morgan fingerprint density at radius 1 is 1.17 bits per heavy atom. The second-order valence-corrected chi connectivity index (χ2v) is 6.52. The maximum Gasteiger partial charge on any atom is 0.227 e. The summed E-state index contributed by atoms with van der Waals surface area (Å²) in [6.45, 7) is 2.91. The van der Waals surface area contributed by atoms with Crippen molar-refractivity contribution in [3.63, 3.8) is 0 Å². The number of benzene rings is 2. The highest BCUT2D eigenvalue weighted by Crippen LogP contribution is 2.32. The topological polar surface area (TPSA) is 55.6 Å². The number of carbonyl (C=O) groups is 1. The third-order valence-corrected chi connectivity index (χ3v) is 4.82. The van der Waals surface area contributed by atoms with Gasteiger partial charge >= 0.3 is 0 Å². The van der Waals surface area contributed by atoms with Gasteiger partial charge in [0.25, 0.3) is 0 Å². The lowest BCUT2D eigenvalue weighted by Gasteiger charge is -2.21. The van der Waals surface area contributed by atoms with Crippen molar-refractivity contribution in [2.45, 2.75) is 31.7 Å². The first kappa shape index (κ1) is 16.4. The van der Waals surface area contributed by atoms with E-state index in [9.17, 15) is 4.79 Å². The number of nitrogens with zero attached hydrogens (tertiary/aromatic N) is 1. The minimum atomic E-state index is 0.184. The maximum atomic E-state index is 12.7. The second-order valence-electron chi connectivity index (χ2n) is 6.52. The van der Waals surface area contributed by atoms with Gasteiger partial charge in [-0.2, -0.15) is 0 Å². The van der Waals surface area contributed by atoms with E-state index in [0.717, 1.165) is 30.0 Å². The first-order chi connectivity index (χ1) is 11.6. The molecule has 2 aromatic carbocycles. The number of ether oxygens (including phenoxy) is 1. The minimum absolute atomic E-state index is 0.184. The first-order valence-electron chi connectivity index (χ1n) is 8.34. The van der Waals surface area contributed by atoms with Crippen molar-refractivity contribution in [3.8, 4) is 5.75 Å². The lowest BCUT2D eigenvalue weighted by atomic mass is 9.97. The first-order valence-corrected chi connectivity index (χ1v) is 8.34.